The van der Waals surface area contributed by atoms with Crippen LogP contribution in [-0.2, 0) is 9.53 Å². The van der Waals surface area contributed by atoms with Gasteiger partial charge in [0.05, 0.1) is 18.3 Å². The van der Waals surface area contributed by atoms with Crippen molar-refractivity contribution in [2.75, 3.05) is 0 Å². The van der Waals surface area contributed by atoms with Crippen molar-refractivity contribution in [2.45, 2.75) is 129 Å². The summed E-state index contributed by atoms with van der Waals surface area (Å²) in [6.45, 7) is 14.5. The van der Waals surface area contributed by atoms with E-state index < -0.39 is 36.5 Å². The predicted molar refractivity (Wildman–Crippen MR) is 159 cm³/mol. The van der Waals surface area contributed by atoms with Crippen LogP contribution in [0.3, 0.4) is 0 Å². The van der Waals surface area contributed by atoms with Crippen molar-refractivity contribution in [3.8, 4) is 5.75 Å². The Labute approximate surface area is 241 Å². The summed E-state index contributed by atoms with van der Waals surface area (Å²) in [5.74, 6) is 1.17. The van der Waals surface area contributed by atoms with E-state index in [1.54, 1.807) is 0 Å². The Morgan fingerprint density at radius 3 is 2.25 bits per heavy atom. The molecule has 0 bridgehead atoms. The second-order valence-electron chi connectivity index (χ2n) is 12.5. The summed E-state index contributed by atoms with van der Waals surface area (Å²) in [6, 6.07) is 6.17. The maximum absolute atomic E-state index is 13.7. The smallest absolute Gasteiger partial charge is 0.347 e. The number of aliphatic hydroxyl groups excluding tert-OH is 3. The largest absolute Gasteiger partial charge is 0.478 e. The fourth-order valence-electron chi connectivity index (χ4n) is 6.25. The molecule has 0 aliphatic heterocycles. The van der Waals surface area contributed by atoms with Crippen LogP contribution in [-0.4, -0.2) is 51.8 Å². The number of carbonyl (C=O) groups is 1. The topological polar surface area (TPSA) is 96.2 Å². The molecule has 1 unspecified atom stereocenters. The molecule has 1 aromatic carbocycles. The van der Waals surface area contributed by atoms with Crippen LogP contribution >= 0.6 is 0 Å². The molecule has 8 atom stereocenters. The number of carbonyl (C=O) groups excluding carboxylic acids is 1. The molecule has 1 aromatic rings. The monoisotopic (exact) mass is 556 g/mol. The zero-order valence-corrected chi connectivity index (χ0v) is 25.5. The van der Waals surface area contributed by atoms with Gasteiger partial charge in [-0.3, -0.25) is 0 Å². The van der Waals surface area contributed by atoms with Crippen LogP contribution in [0.25, 0.3) is 0 Å². The van der Waals surface area contributed by atoms with Crippen LogP contribution in [0.1, 0.15) is 110 Å². The summed E-state index contributed by atoms with van der Waals surface area (Å²) in [5, 5.41) is 31.2. The molecule has 0 aromatic heterocycles. The summed E-state index contributed by atoms with van der Waals surface area (Å²) in [7, 11) is 0. The molecule has 2 aliphatic carbocycles. The first-order chi connectivity index (χ1) is 19.0. The number of aliphatic hydroxyl groups is 3. The molecule has 2 aliphatic rings. The molecule has 40 heavy (non-hydrogen) atoms. The van der Waals surface area contributed by atoms with Crippen LogP contribution in [0.15, 0.2) is 42.0 Å². The standard InChI is InChI=1S/C34H52O6/c1-8-24(35)18-25(36)15-16-29-22(7)13-14-23-17-26(37)19-31(32(23)29)40-34(38)30(9-2)39-33-27(20(3)4)11-10-12-28(33)21(5)6/h10-14,17,20-22,24-26,29-32,35-37H,8-9,15-16,18-19H2,1-7H3/t22-,24+,25+,26+,29-,30?,31-,32-/m0/s1. The lowest BCUT2D eigenvalue weighted by Crippen LogP contribution is -2.44. The number of rotatable bonds is 13. The van der Waals surface area contributed by atoms with E-state index in [-0.39, 0.29) is 29.6 Å². The fourth-order valence-corrected chi connectivity index (χ4v) is 6.25. The van der Waals surface area contributed by atoms with Gasteiger partial charge in [-0.25, -0.2) is 4.79 Å². The molecule has 0 heterocycles. The molecular weight excluding hydrogens is 504 g/mol. The Balaban J connectivity index is 1.81. The Morgan fingerprint density at radius 1 is 1.02 bits per heavy atom. The van der Waals surface area contributed by atoms with Gasteiger partial charge in [0.25, 0.3) is 0 Å². The molecule has 0 saturated carbocycles. The summed E-state index contributed by atoms with van der Waals surface area (Å²) < 4.78 is 12.7. The summed E-state index contributed by atoms with van der Waals surface area (Å²) >= 11 is 0. The van der Waals surface area contributed by atoms with Crippen molar-refractivity contribution in [2.24, 2.45) is 17.8 Å². The number of allylic oxidation sites excluding steroid dienone is 2. The minimum Gasteiger partial charge on any atom is -0.478 e. The molecule has 0 saturated heterocycles. The third kappa shape index (κ3) is 7.98. The lowest BCUT2D eigenvalue weighted by atomic mass is 9.66. The second kappa shape index (κ2) is 14.7. The summed E-state index contributed by atoms with van der Waals surface area (Å²) in [5.41, 5.74) is 3.14. The number of para-hydroxylation sites is 1. The van der Waals surface area contributed by atoms with Gasteiger partial charge in [0.15, 0.2) is 6.10 Å². The van der Waals surface area contributed by atoms with E-state index in [2.05, 4.69) is 52.8 Å². The first kappa shape index (κ1) is 32.4. The van der Waals surface area contributed by atoms with Gasteiger partial charge in [-0.15, -0.1) is 0 Å². The SMILES string of the molecule is CCC(Oc1c(C(C)C)cccc1C(C)C)C(=O)O[C@H]1C[C@H](O)C=C2C=C[C@H](C)[C@H](CC[C@@H](O)C[C@H](O)CC)[C@H]21. The highest BCUT2D eigenvalue weighted by Crippen LogP contribution is 2.44. The van der Waals surface area contributed by atoms with Crippen molar-refractivity contribution >= 4 is 5.97 Å². The van der Waals surface area contributed by atoms with Gasteiger partial charge in [0.2, 0.25) is 0 Å². The summed E-state index contributed by atoms with van der Waals surface area (Å²) in [4.78, 5) is 13.7. The normalized spacial score (nSPS) is 26.7. The Morgan fingerprint density at radius 2 is 1.68 bits per heavy atom. The fraction of sp³-hybridized carbons (Fsp3) is 0.676. The van der Waals surface area contributed by atoms with E-state index in [4.69, 9.17) is 9.47 Å². The van der Waals surface area contributed by atoms with Crippen molar-refractivity contribution in [1.82, 2.24) is 0 Å². The van der Waals surface area contributed by atoms with Crippen LogP contribution in [0.5, 0.6) is 5.75 Å². The zero-order chi connectivity index (χ0) is 29.6. The van der Waals surface area contributed by atoms with Gasteiger partial charge < -0.3 is 24.8 Å². The van der Waals surface area contributed by atoms with Crippen LogP contribution in [0.4, 0.5) is 0 Å². The average molecular weight is 557 g/mol. The van der Waals surface area contributed by atoms with E-state index in [1.165, 1.54) is 0 Å². The first-order valence-electron chi connectivity index (χ1n) is 15.4. The number of benzene rings is 1. The highest BCUT2D eigenvalue weighted by atomic mass is 16.6. The number of hydrogen-bond acceptors (Lipinski definition) is 6. The van der Waals surface area contributed by atoms with Crippen LogP contribution in [0.2, 0.25) is 0 Å². The van der Waals surface area contributed by atoms with Gasteiger partial charge in [0, 0.05) is 12.3 Å². The zero-order valence-electron chi connectivity index (χ0n) is 25.5. The van der Waals surface area contributed by atoms with Crippen LogP contribution in [0, 0.1) is 17.8 Å². The Hall–Kier alpha value is -2.15. The number of esters is 1. The second-order valence-corrected chi connectivity index (χ2v) is 12.5. The molecule has 3 rings (SSSR count). The highest BCUT2D eigenvalue weighted by molar-refractivity contribution is 5.75. The van der Waals surface area contributed by atoms with E-state index in [0.29, 0.717) is 32.1 Å². The van der Waals surface area contributed by atoms with Crippen LogP contribution < -0.4 is 4.74 Å². The predicted octanol–water partition coefficient (Wildman–Crippen LogP) is 6.43. The summed E-state index contributed by atoms with van der Waals surface area (Å²) in [6.07, 6.45) is 6.15. The molecule has 3 N–H and O–H groups in total. The van der Waals surface area contributed by atoms with Gasteiger partial charge in [-0.2, -0.15) is 0 Å². The Kier molecular flexibility index (Phi) is 11.9. The lowest BCUT2D eigenvalue weighted by molar-refractivity contribution is -0.163. The van der Waals surface area contributed by atoms with Gasteiger partial charge in [-0.05, 0) is 72.5 Å². The quantitative estimate of drug-likeness (QED) is 0.242. The molecule has 6 nitrogen and oxygen atoms in total. The van der Waals surface area contributed by atoms with E-state index in [9.17, 15) is 20.1 Å². The molecule has 224 valence electrons. The van der Waals surface area contributed by atoms with Gasteiger partial charge in [0.1, 0.15) is 11.9 Å². The van der Waals surface area contributed by atoms with Crippen molar-refractivity contribution in [3.05, 3.63) is 53.1 Å². The van der Waals surface area contributed by atoms with E-state index in [1.807, 2.05) is 32.1 Å². The third-order valence-corrected chi connectivity index (χ3v) is 8.70. The van der Waals surface area contributed by atoms with Crippen molar-refractivity contribution in [3.63, 3.8) is 0 Å². The minimum atomic E-state index is -0.753. The first-order valence-corrected chi connectivity index (χ1v) is 15.4. The lowest BCUT2D eigenvalue weighted by Gasteiger charge is -2.43. The number of hydrogen-bond donors (Lipinski definition) is 3. The number of fused-ring (bicyclic) bond motifs is 1. The van der Waals surface area contributed by atoms with Gasteiger partial charge in [-0.1, -0.05) is 84.9 Å². The average Bonchev–Trinajstić information content (AvgIpc) is 2.90. The maximum atomic E-state index is 13.7. The maximum Gasteiger partial charge on any atom is 0.347 e. The minimum absolute atomic E-state index is 0.0673. The van der Waals surface area contributed by atoms with Crippen molar-refractivity contribution < 1.29 is 29.6 Å². The molecular formula is C34H52O6. The van der Waals surface area contributed by atoms with E-state index in [0.717, 1.165) is 28.9 Å². The van der Waals surface area contributed by atoms with Gasteiger partial charge >= 0.3 is 5.97 Å². The molecule has 0 spiro atoms. The Bertz CT molecular complexity index is 1000. The highest BCUT2D eigenvalue weighted by Gasteiger charge is 2.42. The molecule has 0 radical (unpaired) electrons. The van der Waals surface area contributed by atoms with Crippen molar-refractivity contribution in [1.29, 1.82) is 0 Å². The molecule has 0 amide bonds. The number of ether oxygens (including phenoxy) is 2. The molecule has 0 fully saturated rings. The van der Waals surface area contributed by atoms with E-state index >= 15 is 0 Å². The third-order valence-electron chi connectivity index (χ3n) is 8.70. The molecule has 6 heteroatoms.